The largest absolute Gasteiger partial charge is 0.490 e. The van der Waals surface area contributed by atoms with Gasteiger partial charge in [0.15, 0.2) is 0 Å². The van der Waals surface area contributed by atoms with Gasteiger partial charge in [0.05, 0.1) is 5.69 Å². The second-order valence-corrected chi connectivity index (χ2v) is 7.19. The number of nitrogens with one attached hydrogen (secondary N) is 1. The average molecular weight is 340 g/mol. The molecule has 2 rings (SSSR count). The molecule has 0 radical (unpaired) electrons. The molecular formula is C18H26F2N2O2. The molecule has 0 atom stereocenters. The highest BCUT2D eigenvalue weighted by molar-refractivity contribution is 5.94. The number of halogens is 2. The molecule has 1 heterocycles. The summed E-state index contributed by atoms with van der Waals surface area (Å²) in [6.45, 7) is 7.02. The van der Waals surface area contributed by atoms with Crippen molar-refractivity contribution in [3.63, 3.8) is 0 Å². The second kappa shape index (κ2) is 7.92. The molecule has 4 nitrogen and oxygen atoms in total. The van der Waals surface area contributed by atoms with Crippen LogP contribution in [0, 0.1) is 11.2 Å². The van der Waals surface area contributed by atoms with E-state index in [-0.39, 0.29) is 24.4 Å². The van der Waals surface area contributed by atoms with E-state index in [1.165, 1.54) is 12.1 Å². The lowest BCUT2D eigenvalue weighted by Crippen LogP contribution is -2.39. The van der Waals surface area contributed by atoms with Crippen molar-refractivity contribution in [2.24, 2.45) is 5.41 Å². The highest BCUT2D eigenvalue weighted by Gasteiger charge is 2.23. The van der Waals surface area contributed by atoms with E-state index in [1.54, 1.807) is 26.8 Å². The Labute approximate surface area is 142 Å². The predicted octanol–water partition coefficient (Wildman–Crippen LogP) is 3.62. The first-order valence-electron chi connectivity index (χ1n) is 8.35. The third-order valence-corrected chi connectivity index (χ3v) is 4.11. The van der Waals surface area contributed by atoms with E-state index in [9.17, 15) is 13.6 Å². The van der Waals surface area contributed by atoms with E-state index in [0.29, 0.717) is 12.3 Å². The van der Waals surface area contributed by atoms with Gasteiger partial charge in [-0.25, -0.2) is 8.78 Å². The van der Waals surface area contributed by atoms with Gasteiger partial charge >= 0.3 is 0 Å². The Bertz CT molecular complexity index is 565. The number of carbonyl (C=O) groups is 1. The minimum absolute atomic E-state index is 0.00952. The number of hydrogen-bond donors (Lipinski definition) is 1. The standard InChI is InChI=1S/C18H26F2N2O2/c1-18(2,3)17(23)21-16-5-4-14(12-15(16)20)24-13-6-9-22(10-7-13)11-8-19/h4-5,12-13H,6-11H2,1-3H3,(H,21,23). The van der Waals surface area contributed by atoms with Crippen LogP contribution in [0.25, 0.3) is 0 Å². The van der Waals surface area contributed by atoms with Crippen molar-refractivity contribution in [3.05, 3.63) is 24.0 Å². The SMILES string of the molecule is CC(C)(C)C(=O)Nc1ccc(OC2CCN(CCF)CC2)cc1F. The first kappa shape index (κ1) is 18.6. The van der Waals surface area contributed by atoms with Crippen LogP contribution in [0.2, 0.25) is 0 Å². The zero-order valence-electron chi connectivity index (χ0n) is 14.6. The van der Waals surface area contributed by atoms with E-state index in [4.69, 9.17) is 4.74 Å². The summed E-state index contributed by atoms with van der Waals surface area (Å²) in [7, 11) is 0. The summed E-state index contributed by atoms with van der Waals surface area (Å²) in [5.41, 5.74) is -0.435. The zero-order valence-corrected chi connectivity index (χ0v) is 14.6. The van der Waals surface area contributed by atoms with Gasteiger partial charge in [-0.1, -0.05) is 20.8 Å². The van der Waals surface area contributed by atoms with Crippen LogP contribution in [-0.2, 0) is 4.79 Å². The van der Waals surface area contributed by atoms with Crippen LogP contribution in [0.5, 0.6) is 5.75 Å². The van der Waals surface area contributed by atoms with E-state index >= 15 is 0 Å². The van der Waals surface area contributed by atoms with E-state index < -0.39 is 11.2 Å². The molecule has 1 N–H and O–H groups in total. The van der Waals surface area contributed by atoms with Gasteiger partial charge in [-0.2, -0.15) is 0 Å². The van der Waals surface area contributed by atoms with Gasteiger partial charge in [-0.05, 0) is 25.0 Å². The number of hydrogen-bond acceptors (Lipinski definition) is 3. The molecule has 6 heteroatoms. The maximum Gasteiger partial charge on any atom is 0.229 e. The zero-order chi connectivity index (χ0) is 17.7. The quantitative estimate of drug-likeness (QED) is 0.890. The number of benzene rings is 1. The van der Waals surface area contributed by atoms with Gasteiger partial charge in [0, 0.05) is 31.1 Å². The van der Waals surface area contributed by atoms with Crippen molar-refractivity contribution < 1.29 is 18.3 Å². The Morgan fingerprint density at radius 1 is 1.33 bits per heavy atom. The molecule has 0 aromatic heterocycles. The smallest absolute Gasteiger partial charge is 0.229 e. The summed E-state index contributed by atoms with van der Waals surface area (Å²) >= 11 is 0. The van der Waals surface area contributed by atoms with Crippen molar-refractivity contribution in [2.45, 2.75) is 39.7 Å². The summed E-state index contributed by atoms with van der Waals surface area (Å²) in [5, 5.41) is 2.59. The summed E-state index contributed by atoms with van der Waals surface area (Å²) in [6, 6.07) is 4.48. The number of ether oxygens (including phenoxy) is 1. The molecule has 24 heavy (non-hydrogen) atoms. The number of anilines is 1. The van der Waals surface area contributed by atoms with Gasteiger partial charge in [0.2, 0.25) is 5.91 Å². The fraction of sp³-hybridized carbons (Fsp3) is 0.611. The molecular weight excluding hydrogens is 314 g/mol. The van der Waals surface area contributed by atoms with Crippen LogP contribution in [0.4, 0.5) is 14.5 Å². The maximum atomic E-state index is 14.2. The Hall–Kier alpha value is -1.69. The van der Waals surface area contributed by atoms with Crippen LogP contribution in [0.15, 0.2) is 18.2 Å². The summed E-state index contributed by atoms with van der Waals surface area (Å²) in [5.74, 6) is -0.305. The van der Waals surface area contributed by atoms with Gasteiger partial charge < -0.3 is 15.0 Å². The number of piperidine rings is 1. The van der Waals surface area contributed by atoms with Crippen molar-refractivity contribution in [3.8, 4) is 5.75 Å². The van der Waals surface area contributed by atoms with Crippen molar-refractivity contribution in [2.75, 3.05) is 31.6 Å². The van der Waals surface area contributed by atoms with Crippen LogP contribution in [0.3, 0.4) is 0 Å². The normalized spacial score (nSPS) is 16.9. The van der Waals surface area contributed by atoms with Gasteiger partial charge in [-0.15, -0.1) is 0 Å². The Morgan fingerprint density at radius 2 is 2.00 bits per heavy atom. The summed E-state index contributed by atoms with van der Waals surface area (Å²) in [4.78, 5) is 14.0. The first-order chi connectivity index (χ1) is 11.3. The van der Waals surface area contributed by atoms with Crippen LogP contribution < -0.4 is 10.1 Å². The van der Waals surface area contributed by atoms with Gasteiger partial charge in [0.25, 0.3) is 0 Å². The number of alkyl halides is 1. The number of nitrogens with zero attached hydrogens (tertiary/aromatic N) is 1. The Balaban J connectivity index is 1.92. The number of rotatable bonds is 5. The van der Waals surface area contributed by atoms with Gasteiger partial charge in [0.1, 0.15) is 24.3 Å². The minimum atomic E-state index is -0.588. The lowest BCUT2D eigenvalue weighted by molar-refractivity contribution is -0.123. The van der Waals surface area contributed by atoms with Crippen LogP contribution in [0.1, 0.15) is 33.6 Å². The van der Waals surface area contributed by atoms with Crippen molar-refractivity contribution >= 4 is 11.6 Å². The second-order valence-electron chi connectivity index (χ2n) is 7.19. The molecule has 1 aromatic rings. The molecule has 0 spiro atoms. The molecule has 0 bridgehead atoms. The first-order valence-corrected chi connectivity index (χ1v) is 8.35. The third kappa shape index (κ3) is 5.16. The molecule has 0 unspecified atom stereocenters. The molecule has 1 fully saturated rings. The molecule has 134 valence electrons. The van der Waals surface area contributed by atoms with Crippen molar-refractivity contribution in [1.82, 2.24) is 4.90 Å². The lowest BCUT2D eigenvalue weighted by Gasteiger charge is -2.31. The number of likely N-dealkylation sites (tertiary alicyclic amines) is 1. The molecule has 1 aliphatic heterocycles. The third-order valence-electron chi connectivity index (χ3n) is 4.11. The predicted molar refractivity (Wildman–Crippen MR) is 90.5 cm³/mol. The average Bonchev–Trinajstić information content (AvgIpc) is 2.51. The number of amides is 1. The maximum absolute atomic E-state index is 14.2. The van der Waals surface area contributed by atoms with Gasteiger partial charge in [-0.3, -0.25) is 4.79 Å². The van der Waals surface area contributed by atoms with Crippen LogP contribution >= 0.6 is 0 Å². The van der Waals surface area contributed by atoms with E-state index in [0.717, 1.165) is 25.9 Å². The molecule has 0 saturated carbocycles. The summed E-state index contributed by atoms with van der Waals surface area (Å²) in [6.07, 6.45) is 1.60. The topological polar surface area (TPSA) is 41.6 Å². The molecule has 1 saturated heterocycles. The van der Waals surface area contributed by atoms with Crippen molar-refractivity contribution in [1.29, 1.82) is 0 Å². The Morgan fingerprint density at radius 3 is 2.54 bits per heavy atom. The fourth-order valence-electron chi connectivity index (χ4n) is 2.54. The molecule has 1 amide bonds. The fourth-order valence-corrected chi connectivity index (χ4v) is 2.54. The molecule has 1 aromatic carbocycles. The number of carbonyl (C=O) groups excluding carboxylic acids is 1. The summed E-state index contributed by atoms with van der Waals surface area (Å²) < 4.78 is 32.3. The molecule has 1 aliphatic rings. The Kier molecular flexibility index (Phi) is 6.15. The van der Waals surface area contributed by atoms with E-state index in [1.807, 2.05) is 0 Å². The van der Waals surface area contributed by atoms with E-state index in [2.05, 4.69) is 10.2 Å². The lowest BCUT2D eigenvalue weighted by atomic mass is 9.95. The minimum Gasteiger partial charge on any atom is -0.490 e. The van der Waals surface area contributed by atoms with Crippen LogP contribution in [-0.4, -0.2) is 43.2 Å². The molecule has 0 aliphatic carbocycles. The highest BCUT2D eigenvalue weighted by atomic mass is 19.1. The monoisotopic (exact) mass is 340 g/mol. The highest BCUT2D eigenvalue weighted by Crippen LogP contribution is 2.25.